The van der Waals surface area contributed by atoms with Crippen LogP contribution in [0.25, 0.3) is 0 Å². The van der Waals surface area contributed by atoms with Crippen LogP contribution in [0.3, 0.4) is 0 Å². The second kappa shape index (κ2) is 8.49. The fraction of sp³-hybridized carbons (Fsp3) is 0.500. The fourth-order valence-corrected chi connectivity index (χ4v) is 2.04. The quantitative estimate of drug-likeness (QED) is 0.439. The molecular formula is C12H21NO6S. The van der Waals surface area contributed by atoms with Crippen LogP contribution in [0.1, 0.15) is 20.8 Å². The van der Waals surface area contributed by atoms with E-state index in [1.807, 2.05) is 0 Å². The minimum atomic E-state index is -4.08. The Balaban J connectivity index is 0. The van der Waals surface area contributed by atoms with Crippen molar-refractivity contribution in [3.8, 4) is 0 Å². The minimum absolute atomic E-state index is 0.347. The number of hydrogen-bond donors (Lipinski definition) is 2. The summed E-state index contributed by atoms with van der Waals surface area (Å²) in [5, 5.41) is 2.37. The highest BCUT2D eigenvalue weighted by Gasteiger charge is 2.25. The van der Waals surface area contributed by atoms with Crippen molar-refractivity contribution in [3.05, 3.63) is 24.8 Å². The molecule has 0 unspecified atom stereocenters. The Bertz CT molecular complexity index is 478. The lowest BCUT2D eigenvalue weighted by Gasteiger charge is -2.23. The van der Waals surface area contributed by atoms with E-state index in [1.54, 1.807) is 6.92 Å². The van der Waals surface area contributed by atoms with Crippen molar-refractivity contribution in [3.63, 3.8) is 0 Å². The largest absolute Gasteiger partial charge is 0.466 e. The van der Waals surface area contributed by atoms with Crippen LogP contribution in [-0.2, 0) is 24.4 Å². The van der Waals surface area contributed by atoms with Gasteiger partial charge in [-0.05, 0) is 26.8 Å². The van der Waals surface area contributed by atoms with Gasteiger partial charge in [-0.2, -0.15) is 8.42 Å². The van der Waals surface area contributed by atoms with E-state index in [2.05, 4.69) is 23.2 Å². The van der Waals surface area contributed by atoms with Gasteiger partial charge in [0.05, 0.1) is 18.4 Å². The van der Waals surface area contributed by atoms with E-state index in [9.17, 15) is 18.0 Å². The second-order valence-corrected chi connectivity index (χ2v) is 6.03. The van der Waals surface area contributed by atoms with Crippen molar-refractivity contribution in [2.45, 2.75) is 26.3 Å². The van der Waals surface area contributed by atoms with Crippen LogP contribution in [0.15, 0.2) is 24.8 Å². The van der Waals surface area contributed by atoms with E-state index < -0.39 is 27.3 Å². The number of carbonyl (C=O) groups is 2. The Morgan fingerprint density at radius 3 is 2.05 bits per heavy atom. The standard InChI is InChI=1S/C7H13NO4S.C5H8O2/c1-4-6(9)8-7(2,3)5-13(10,11)12;1-4(2)5(6)7-3/h4H,1,5H2,2-3H3,(H,8,9)(H,10,11,12);1H2,2-3H3. The molecule has 8 heteroatoms. The molecule has 0 saturated heterocycles. The monoisotopic (exact) mass is 307 g/mol. The normalized spacial score (nSPS) is 10.7. The highest BCUT2D eigenvalue weighted by Crippen LogP contribution is 2.05. The van der Waals surface area contributed by atoms with Gasteiger partial charge in [0.1, 0.15) is 0 Å². The first-order valence-electron chi connectivity index (χ1n) is 5.48. The Morgan fingerprint density at radius 1 is 1.40 bits per heavy atom. The van der Waals surface area contributed by atoms with Crippen molar-refractivity contribution < 1.29 is 27.3 Å². The van der Waals surface area contributed by atoms with Gasteiger partial charge >= 0.3 is 5.97 Å². The molecule has 1 amide bonds. The van der Waals surface area contributed by atoms with Crippen molar-refractivity contribution >= 4 is 22.0 Å². The summed E-state index contributed by atoms with van der Waals surface area (Å²) >= 11 is 0. The molecule has 0 radical (unpaired) electrons. The number of rotatable bonds is 5. The Morgan fingerprint density at radius 2 is 1.85 bits per heavy atom. The summed E-state index contributed by atoms with van der Waals surface area (Å²) in [5.74, 6) is -1.35. The lowest BCUT2D eigenvalue weighted by atomic mass is 10.1. The SMILES string of the molecule is C=C(C)C(=O)OC.C=CC(=O)NC(C)(C)CS(=O)(=O)O. The number of esters is 1. The third-order valence-corrected chi connectivity index (χ3v) is 2.81. The maximum Gasteiger partial charge on any atom is 0.332 e. The van der Waals surface area contributed by atoms with E-state index >= 15 is 0 Å². The van der Waals surface area contributed by atoms with E-state index in [0.29, 0.717) is 5.57 Å². The number of nitrogens with one attached hydrogen (secondary N) is 1. The maximum atomic E-state index is 10.8. The molecular weight excluding hydrogens is 286 g/mol. The summed E-state index contributed by atoms with van der Waals surface area (Å²) in [5.41, 5.74) is -0.568. The lowest BCUT2D eigenvalue weighted by Crippen LogP contribution is -2.47. The fourth-order valence-electron chi connectivity index (χ4n) is 1.05. The molecule has 0 spiro atoms. The van der Waals surface area contributed by atoms with Crippen molar-refractivity contribution in [2.24, 2.45) is 0 Å². The van der Waals surface area contributed by atoms with Gasteiger partial charge in [0.25, 0.3) is 10.1 Å². The van der Waals surface area contributed by atoms with Crippen LogP contribution < -0.4 is 5.32 Å². The van der Waals surface area contributed by atoms with Gasteiger partial charge in [0, 0.05) is 5.57 Å². The lowest BCUT2D eigenvalue weighted by molar-refractivity contribution is -0.136. The number of methoxy groups -OCH3 is 1. The van der Waals surface area contributed by atoms with E-state index in [4.69, 9.17) is 4.55 Å². The van der Waals surface area contributed by atoms with Gasteiger partial charge in [-0.1, -0.05) is 13.2 Å². The summed E-state index contributed by atoms with van der Waals surface area (Å²) in [6.07, 6.45) is 1.03. The van der Waals surface area contributed by atoms with Crippen LogP contribution in [0.2, 0.25) is 0 Å². The highest BCUT2D eigenvalue weighted by molar-refractivity contribution is 7.85. The summed E-state index contributed by atoms with van der Waals surface area (Å²) in [4.78, 5) is 21.0. The third-order valence-electron chi connectivity index (χ3n) is 1.72. The molecule has 0 fully saturated rings. The molecule has 0 heterocycles. The van der Waals surface area contributed by atoms with Gasteiger partial charge in [-0.3, -0.25) is 9.35 Å². The molecule has 0 aromatic heterocycles. The van der Waals surface area contributed by atoms with Crippen LogP contribution in [-0.4, -0.2) is 43.2 Å². The molecule has 0 saturated carbocycles. The average molecular weight is 307 g/mol. The van der Waals surface area contributed by atoms with Gasteiger partial charge in [-0.25, -0.2) is 4.79 Å². The van der Waals surface area contributed by atoms with Gasteiger partial charge in [0.2, 0.25) is 5.91 Å². The molecule has 0 bridgehead atoms. The Kier molecular flexibility index (Phi) is 8.76. The predicted octanol–water partition coefficient (Wildman–Crippen LogP) is 0.691. The summed E-state index contributed by atoms with van der Waals surface area (Å²) in [7, 11) is -2.75. The zero-order valence-electron chi connectivity index (χ0n) is 12.1. The predicted molar refractivity (Wildman–Crippen MR) is 75.7 cm³/mol. The first kappa shape index (κ1) is 20.6. The van der Waals surface area contributed by atoms with Crippen LogP contribution >= 0.6 is 0 Å². The first-order chi connectivity index (χ1) is 8.84. The van der Waals surface area contributed by atoms with Crippen LogP contribution in [0.4, 0.5) is 0 Å². The van der Waals surface area contributed by atoms with Crippen molar-refractivity contribution in [2.75, 3.05) is 12.9 Å². The molecule has 0 aromatic carbocycles. The molecule has 7 nitrogen and oxygen atoms in total. The third kappa shape index (κ3) is 12.8. The zero-order valence-corrected chi connectivity index (χ0v) is 12.9. The number of carbonyl (C=O) groups excluding carboxylic acids is 2. The average Bonchev–Trinajstić information content (AvgIpc) is 2.24. The Labute approximate surface area is 119 Å². The second-order valence-electron chi connectivity index (χ2n) is 4.58. The molecule has 0 aliphatic rings. The molecule has 116 valence electrons. The summed E-state index contributed by atoms with van der Waals surface area (Å²) in [6.45, 7) is 11.1. The van der Waals surface area contributed by atoms with Crippen molar-refractivity contribution in [1.29, 1.82) is 0 Å². The molecule has 2 N–H and O–H groups in total. The maximum absolute atomic E-state index is 10.8. The number of amides is 1. The topological polar surface area (TPSA) is 110 Å². The number of hydrogen-bond acceptors (Lipinski definition) is 5. The number of ether oxygens (including phenoxy) is 1. The van der Waals surface area contributed by atoms with Gasteiger partial charge in [-0.15, -0.1) is 0 Å². The molecule has 0 rings (SSSR count). The molecule has 20 heavy (non-hydrogen) atoms. The Hall–Kier alpha value is -1.67. The molecule has 0 aromatic rings. The van der Waals surface area contributed by atoms with E-state index in [0.717, 1.165) is 6.08 Å². The smallest absolute Gasteiger partial charge is 0.332 e. The minimum Gasteiger partial charge on any atom is -0.466 e. The van der Waals surface area contributed by atoms with Crippen molar-refractivity contribution in [1.82, 2.24) is 5.32 Å². The summed E-state index contributed by atoms with van der Waals surface area (Å²) < 4.78 is 33.8. The first-order valence-corrected chi connectivity index (χ1v) is 7.09. The summed E-state index contributed by atoms with van der Waals surface area (Å²) in [6, 6.07) is 0. The van der Waals surface area contributed by atoms with Gasteiger partial charge < -0.3 is 10.1 Å². The van der Waals surface area contributed by atoms with Crippen LogP contribution in [0.5, 0.6) is 0 Å². The molecule has 0 aliphatic heterocycles. The van der Waals surface area contributed by atoms with Crippen LogP contribution in [0, 0.1) is 0 Å². The molecule has 0 atom stereocenters. The van der Waals surface area contributed by atoms with E-state index in [-0.39, 0.29) is 5.97 Å². The van der Waals surface area contributed by atoms with Gasteiger partial charge in [0.15, 0.2) is 0 Å². The highest BCUT2D eigenvalue weighted by atomic mass is 32.2. The van der Waals surface area contributed by atoms with E-state index in [1.165, 1.54) is 21.0 Å². The zero-order chi connectivity index (χ0) is 16.6. The molecule has 0 aliphatic carbocycles.